The van der Waals surface area contributed by atoms with E-state index in [1.165, 1.54) is 0 Å². The lowest BCUT2D eigenvalue weighted by Crippen LogP contribution is -2.10. The SMILES string of the molecule is NCc1nn(CCOc2ccc(Br)cc2)c2ccccc12. The van der Waals surface area contributed by atoms with E-state index in [4.69, 9.17) is 10.5 Å². The minimum absolute atomic E-state index is 0.446. The molecule has 0 saturated carbocycles. The first kappa shape index (κ1) is 14.1. The van der Waals surface area contributed by atoms with E-state index in [0.29, 0.717) is 19.7 Å². The third kappa shape index (κ3) is 3.09. The fourth-order valence-electron chi connectivity index (χ4n) is 2.30. The number of aromatic nitrogens is 2. The minimum Gasteiger partial charge on any atom is -0.492 e. The molecule has 21 heavy (non-hydrogen) atoms. The predicted molar refractivity (Wildman–Crippen MR) is 87.3 cm³/mol. The van der Waals surface area contributed by atoms with Gasteiger partial charge in [0.15, 0.2) is 0 Å². The average molecular weight is 346 g/mol. The highest BCUT2D eigenvalue weighted by Gasteiger charge is 2.08. The van der Waals surface area contributed by atoms with E-state index in [-0.39, 0.29) is 0 Å². The van der Waals surface area contributed by atoms with Crippen molar-refractivity contribution in [1.29, 1.82) is 0 Å². The lowest BCUT2D eigenvalue weighted by Gasteiger charge is -2.07. The van der Waals surface area contributed by atoms with E-state index in [2.05, 4.69) is 33.2 Å². The second-order valence-electron chi connectivity index (χ2n) is 4.69. The molecule has 0 fully saturated rings. The van der Waals surface area contributed by atoms with Crippen LogP contribution in [-0.2, 0) is 13.1 Å². The number of rotatable bonds is 5. The Morgan fingerprint density at radius 2 is 1.86 bits per heavy atom. The molecule has 0 spiro atoms. The maximum atomic E-state index is 5.75. The zero-order valence-electron chi connectivity index (χ0n) is 11.5. The Morgan fingerprint density at radius 3 is 2.62 bits per heavy atom. The molecule has 108 valence electrons. The van der Waals surface area contributed by atoms with E-state index in [1.807, 2.05) is 41.1 Å². The van der Waals surface area contributed by atoms with Gasteiger partial charge in [-0.05, 0) is 30.3 Å². The highest BCUT2D eigenvalue weighted by Crippen LogP contribution is 2.19. The molecule has 0 atom stereocenters. The molecular weight excluding hydrogens is 330 g/mol. The van der Waals surface area contributed by atoms with Gasteiger partial charge in [-0.15, -0.1) is 0 Å². The molecule has 2 N–H and O–H groups in total. The van der Waals surface area contributed by atoms with Gasteiger partial charge in [0, 0.05) is 16.4 Å². The van der Waals surface area contributed by atoms with Gasteiger partial charge in [-0.2, -0.15) is 5.10 Å². The van der Waals surface area contributed by atoms with E-state index >= 15 is 0 Å². The van der Waals surface area contributed by atoms with Gasteiger partial charge in [-0.3, -0.25) is 4.68 Å². The van der Waals surface area contributed by atoms with Crippen molar-refractivity contribution in [3.05, 3.63) is 58.7 Å². The smallest absolute Gasteiger partial charge is 0.119 e. The summed E-state index contributed by atoms with van der Waals surface area (Å²) in [7, 11) is 0. The van der Waals surface area contributed by atoms with E-state index in [1.54, 1.807) is 0 Å². The van der Waals surface area contributed by atoms with E-state index in [0.717, 1.165) is 26.8 Å². The molecule has 0 radical (unpaired) electrons. The summed E-state index contributed by atoms with van der Waals surface area (Å²) in [5.74, 6) is 0.855. The van der Waals surface area contributed by atoms with Crippen molar-refractivity contribution in [3.63, 3.8) is 0 Å². The van der Waals surface area contributed by atoms with Gasteiger partial charge < -0.3 is 10.5 Å². The molecule has 0 aliphatic heterocycles. The highest BCUT2D eigenvalue weighted by atomic mass is 79.9. The van der Waals surface area contributed by atoms with Crippen LogP contribution in [0.4, 0.5) is 0 Å². The molecule has 3 aromatic rings. The number of nitrogens with zero attached hydrogens (tertiary/aromatic N) is 2. The number of hydrogen-bond donors (Lipinski definition) is 1. The molecule has 5 heteroatoms. The molecule has 0 aliphatic rings. The summed E-state index contributed by atoms with van der Waals surface area (Å²) in [4.78, 5) is 0. The van der Waals surface area contributed by atoms with Crippen molar-refractivity contribution >= 4 is 26.8 Å². The summed E-state index contributed by atoms with van der Waals surface area (Å²) in [5.41, 5.74) is 7.77. The molecule has 4 nitrogen and oxygen atoms in total. The maximum absolute atomic E-state index is 5.75. The van der Waals surface area contributed by atoms with Crippen LogP contribution in [-0.4, -0.2) is 16.4 Å². The van der Waals surface area contributed by atoms with Crippen LogP contribution in [0.1, 0.15) is 5.69 Å². The topological polar surface area (TPSA) is 53.1 Å². The number of halogens is 1. The molecule has 1 heterocycles. The van der Waals surface area contributed by atoms with Crippen molar-refractivity contribution in [3.8, 4) is 5.75 Å². The van der Waals surface area contributed by atoms with Crippen molar-refractivity contribution in [2.45, 2.75) is 13.1 Å². The molecule has 0 aliphatic carbocycles. The minimum atomic E-state index is 0.446. The fraction of sp³-hybridized carbons (Fsp3) is 0.188. The zero-order valence-corrected chi connectivity index (χ0v) is 13.1. The molecular formula is C16H16BrN3O. The highest BCUT2D eigenvalue weighted by molar-refractivity contribution is 9.10. The van der Waals surface area contributed by atoms with Crippen molar-refractivity contribution in [1.82, 2.24) is 9.78 Å². The molecule has 0 bridgehead atoms. The predicted octanol–water partition coefficient (Wildman–Crippen LogP) is 3.34. The number of ether oxygens (including phenoxy) is 1. The van der Waals surface area contributed by atoms with Crippen LogP contribution in [0.15, 0.2) is 53.0 Å². The first-order valence-electron chi connectivity index (χ1n) is 6.81. The second kappa shape index (κ2) is 6.28. The summed E-state index contributed by atoms with van der Waals surface area (Å²) in [6, 6.07) is 15.9. The summed E-state index contributed by atoms with van der Waals surface area (Å²) in [6.07, 6.45) is 0. The Bertz CT molecular complexity index is 737. The van der Waals surface area contributed by atoms with Crippen LogP contribution < -0.4 is 10.5 Å². The Balaban J connectivity index is 1.72. The van der Waals surface area contributed by atoms with Gasteiger partial charge in [0.2, 0.25) is 0 Å². The van der Waals surface area contributed by atoms with Gasteiger partial charge >= 0.3 is 0 Å². The number of nitrogens with two attached hydrogens (primary N) is 1. The van der Waals surface area contributed by atoms with Gasteiger partial charge in [-0.1, -0.05) is 34.1 Å². The lowest BCUT2D eigenvalue weighted by molar-refractivity contribution is 0.293. The first-order chi connectivity index (χ1) is 10.3. The van der Waals surface area contributed by atoms with E-state index < -0.39 is 0 Å². The van der Waals surface area contributed by atoms with Crippen LogP contribution in [0.3, 0.4) is 0 Å². The van der Waals surface area contributed by atoms with Crippen LogP contribution in [0.2, 0.25) is 0 Å². The second-order valence-corrected chi connectivity index (χ2v) is 5.61. The summed E-state index contributed by atoms with van der Waals surface area (Å²) >= 11 is 3.41. The Hall–Kier alpha value is -1.85. The van der Waals surface area contributed by atoms with E-state index in [9.17, 15) is 0 Å². The summed E-state index contributed by atoms with van der Waals surface area (Å²) in [5, 5.41) is 5.67. The monoisotopic (exact) mass is 345 g/mol. The molecule has 0 saturated heterocycles. The number of fused-ring (bicyclic) bond motifs is 1. The molecule has 3 rings (SSSR count). The van der Waals surface area contributed by atoms with Crippen molar-refractivity contribution in [2.75, 3.05) is 6.61 Å². The molecule has 0 amide bonds. The van der Waals surface area contributed by atoms with Crippen LogP contribution >= 0.6 is 15.9 Å². The molecule has 0 unspecified atom stereocenters. The number of benzene rings is 2. The largest absolute Gasteiger partial charge is 0.492 e. The summed E-state index contributed by atoms with van der Waals surface area (Å²) in [6.45, 7) is 1.70. The van der Waals surface area contributed by atoms with Gasteiger partial charge in [0.1, 0.15) is 12.4 Å². The molecule has 2 aromatic carbocycles. The van der Waals surface area contributed by atoms with Crippen molar-refractivity contribution < 1.29 is 4.74 Å². The number of hydrogen-bond acceptors (Lipinski definition) is 3. The third-order valence-corrected chi connectivity index (χ3v) is 3.84. The Morgan fingerprint density at radius 1 is 1.10 bits per heavy atom. The Kier molecular flexibility index (Phi) is 4.22. The van der Waals surface area contributed by atoms with Gasteiger partial charge in [0.25, 0.3) is 0 Å². The average Bonchev–Trinajstić information content (AvgIpc) is 2.88. The third-order valence-electron chi connectivity index (χ3n) is 3.31. The van der Waals surface area contributed by atoms with Gasteiger partial charge in [-0.25, -0.2) is 0 Å². The number of para-hydroxylation sites is 1. The lowest BCUT2D eigenvalue weighted by atomic mass is 10.2. The van der Waals surface area contributed by atoms with Crippen LogP contribution in [0, 0.1) is 0 Å². The quantitative estimate of drug-likeness (QED) is 0.771. The fourth-order valence-corrected chi connectivity index (χ4v) is 2.56. The maximum Gasteiger partial charge on any atom is 0.119 e. The van der Waals surface area contributed by atoms with Crippen LogP contribution in [0.5, 0.6) is 5.75 Å². The summed E-state index contributed by atoms with van der Waals surface area (Å²) < 4.78 is 8.74. The first-order valence-corrected chi connectivity index (χ1v) is 7.60. The zero-order chi connectivity index (χ0) is 14.7. The van der Waals surface area contributed by atoms with Crippen molar-refractivity contribution in [2.24, 2.45) is 5.73 Å². The van der Waals surface area contributed by atoms with Gasteiger partial charge in [0.05, 0.1) is 17.8 Å². The standard InChI is InChI=1S/C16H16BrN3O/c17-12-5-7-13(8-6-12)21-10-9-20-16-4-2-1-3-14(16)15(11-18)19-20/h1-8H,9-11,18H2. The normalized spacial score (nSPS) is 11.0. The Labute approximate surface area is 131 Å². The molecule has 1 aromatic heterocycles. The van der Waals surface area contributed by atoms with Crippen LogP contribution in [0.25, 0.3) is 10.9 Å².